The van der Waals surface area contributed by atoms with Crippen LogP contribution >= 0.6 is 0 Å². The molecule has 0 fully saturated rings. The number of hydrogen-bond acceptors (Lipinski definition) is 5. The summed E-state index contributed by atoms with van der Waals surface area (Å²) in [5.74, 6) is 0.288. The molecule has 0 radical (unpaired) electrons. The molecular formula is C10H13N3O2. The van der Waals surface area contributed by atoms with Crippen LogP contribution in [-0.4, -0.2) is 24.8 Å². The molecule has 0 amide bonds. The van der Waals surface area contributed by atoms with Gasteiger partial charge in [-0.2, -0.15) is 5.26 Å². The minimum atomic E-state index is -0.154. The highest BCUT2D eigenvalue weighted by molar-refractivity contribution is 5.48. The van der Waals surface area contributed by atoms with Gasteiger partial charge in [0.25, 0.3) is 0 Å². The Morgan fingerprint density at radius 1 is 1.67 bits per heavy atom. The van der Waals surface area contributed by atoms with Crippen LogP contribution < -0.4 is 10.5 Å². The molecule has 0 aliphatic rings. The van der Waals surface area contributed by atoms with E-state index in [9.17, 15) is 0 Å². The van der Waals surface area contributed by atoms with Crippen molar-refractivity contribution in [3.05, 3.63) is 17.8 Å². The molecule has 5 heteroatoms. The first-order chi connectivity index (χ1) is 7.17. The highest BCUT2D eigenvalue weighted by atomic mass is 16.5. The van der Waals surface area contributed by atoms with Gasteiger partial charge in [0, 0.05) is 7.11 Å². The highest BCUT2D eigenvalue weighted by Crippen LogP contribution is 2.17. The molecule has 1 aromatic rings. The lowest BCUT2D eigenvalue weighted by atomic mass is 10.3. The van der Waals surface area contributed by atoms with Gasteiger partial charge < -0.3 is 15.2 Å². The van der Waals surface area contributed by atoms with Crippen molar-refractivity contribution >= 4 is 5.69 Å². The summed E-state index contributed by atoms with van der Waals surface area (Å²) in [6, 6.07) is 3.51. The maximum absolute atomic E-state index is 8.83. The molecule has 0 aliphatic carbocycles. The molecule has 0 bridgehead atoms. The van der Waals surface area contributed by atoms with E-state index in [1.54, 1.807) is 7.11 Å². The number of nitrogen functional groups attached to an aromatic ring is 1. The third kappa shape index (κ3) is 3.11. The van der Waals surface area contributed by atoms with Crippen LogP contribution in [0, 0.1) is 11.3 Å². The van der Waals surface area contributed by atoms with Crippen LogP contribution in [0.1, 0.15) is 12.5 Å². The second-order valence-corrected chi connectivity index (χ2v) is 3.12. The first kappa shape index (κ1) is 11.3. The van der Waals surface area contributed by atoms with E-state index in [1.807, 2.05) is 13.0 Å². The van der Waals surface area contributed by atoms with Crippen LogP contribution in [-0.2, 0) is 4.74 Å². The Morgan fingerprint density at radius 2 is 2.40 bits per heavy atom. The van der Waals surface area contributed by atoms with Crippen LogP contribution in [0.3, 0.4) is 0 Å². The zero-order chi connectivity index (χ0) is 11.3. The Morgan fingerprint density at radius 3 is 3.00 bits per heavy atom. The van der Waals surface area contributed by atoms with Gasteiger partial charge >= 0.3 is 0 Å². The van der Waals surface area contributed by atoms with E-state index in [-0.39, 0.29) is 12.0 Å². The Balaban J connectivity index is 2.81. The van der Waals surface area contributed by atoms with Crippen molar-refractivity contribution in [2.45, 2.75) is 13.0 Å². The summed E-state index contributed by atoms with van der Waals surface area (Å²) in [5.41, 5.74) is 6.27. The molecule has 80 valence electrons. The molecule has 5 nitrogen and oxygen atoms in total. The summed E-state index contributed by atoms with van der Waals surface area (Å²) >= 11 is 0. The van der Waals surface area contributed by atoms with Gasteiger partial charge in [-0.25, -0.2) is 4.98 Å². The van der Waals surface area contributed by atoms with E-state index in [2.05, 4.69) is 4.98 Å². The largest absolute Gasteiger partial charge is 0.471 e. The minimum Gasteiger partial charge on any atom is -0.471 e. The van der Waals surface area contributed by atoms with Gasteiger partial charge in [0.2, 0.25) is 5.88 Å². The number of ether oxygens (including phenoxy) is 2. The van der Waals surface area contributed by atoms with Gasteiger partial charge in [0.05, 0.1) is 18.5 Å². The van der Waals surface area contributed by atoms with Crippen LogP contribution in [0.15, 0.2) is 12.3 Å². The number of rotatable bonds is 4. The van der Waals surface area contributed by atoms with Crippen LogP contribution in [0.2, 0.25) is 0 Å². The number of hydrogen-bond donors (Lipinski definition) is 1. The second kappa shape index (κ2) is 5.17. The molecule has 1 heterocycles. The van der Waals surface area contributed by atoms with E-state index < -0.39 is 0 Å². The topological polar surface area (TPSA) is 81.2 Å². The molecule has 1 unspecified atom stereocenters. The van der Waals surface area contributed by atoms with Crippen LogP contribution in [0.25, 0.3) is 0 Å². The fourth-order valence-corrected chi connectivity index (χ4v) is 1.10. The third-order valence-electron chi connectivity index (χ3n) is 1.71. The molecule has 2 N–H and O–H groups in total. The molecule has 15 heavy (non-hydrogen) atoms. The van der Waals surface area contributed by atoms with Gasteiger partial charge in [-0.1, -0.05) is 0 Å². The summed E-state index contributed by atoms with van der Waals surface area (Å²) in [6.45, 7) is 2.28. The van der Waals surface area contributed by atoms with Crippen LogP contribution in [0.5, 0.6) is 5.88 Å². The standard InChI is InChI=1S/C10H13N3O2/c1-7(6-14-2)15-10-8(4-11)3-9(12)5-13-10/h3,5,7H,6,12H2,1-2H3. The molecule has 0 spiro atoms. The summed E-state index contributed by atoms with van der Waals surface area (Å²) in [7, 11) is 1.58. The summed E-state index contributed by atoms with van der Waals surface area (Å²) in [4.78, 5) is 3.95. The number of anilines is 1. The van der Waals surface area contributed by atoms with Gasteiger partial charge in [0.1, 0.15) is 17.7 Å². The van der Waals surface area contributed by atoms with Crippen molar-refractivity contribution in [1.82, 2.24) is 4.98 Å². The van der Waals surface area contributed by atoms with Crippen molar-refractivity contribution < 1.29 is 9.47 Å². The van der Waals surface area contributed by atoms with E-state index in [0.717, 1.165) is 0 Å². The van der Waals surface area contributed by atoms with Gasteiger partial charge in [-0.05, 0) is 13.0 Å². The van der Waals surface area contributed by atoms with Gasteiger partial charge in [0.15, 0.2) is 0 Å². The average Bonchev–Trinajstić information content (AvgIpc) is 2.21. The summed E-state index contributed by atoms with van der Waals surface area (Å²) < 4.78 is 10.3. The maximum atomic E-state index is 8.83. The fourth-order valence-electron chi connectivity index (χ4n) is 1.10. The lowest BCUT2D eigenvalue weighted by Gasteiger charge is -2.13. The molecule has 1 aromatic heterocycles. The zero-order valence-electron chi connectivity index (χ0n) is 8.73. The van der Waals surface area contributed by atoms with Crippen LogP contribution in [0.4, 0.5) is 5.69 Å². The Kier molecular flexibility index (Phi) is 3.89. The molecule has 1 atom stereocenters. The fraction of sp³-hybridized carbons (Fsp3) is 0.400. The highest BCUT2D eigenvalue weighted by Gasteiger charge is 2.09. The van der Waals surface area contributed by atoms with Crippen molar-refractivity contribution in [2.24, 2.45) is 0 Å². The van der Waals surface area contributed by atoms with E-state index in [1.165, 1.54) is 12.3 Å². The van der Waals surface area contributed by atoms with Crippen molar-refractivity contribution in [1.29, 1.82) is 5.26 Å². The Labute approximate surface area is 88.4 Å². The van der Waals surface area contributed by atoms with E-state index >= 15 is 0 Å². The molecule has 0 saturated heterocycles. The predicted molar refractivity (Wildman–Crippen MR) is 55.3 cm³/mol. The maximum Gasteiger partial charge on any atom is 0.232 e. The molecule has 0 aromatic carbocycles. The van der Waals surface area contributed by atoms with Crippen molar-refractivity contribution in [3.63, 3.8) is 0 Å². The normalized spacial score (nSPS) is 11.8. The first-order valence-corrected chi connectivity index (χ1v) is 4.48. The summed E-state index contributed by atoms with van der Waals surface area (Å²) in [5, 5.41) is 8.83. The summed E-state index contributed by atoms with van der Waals surface area (Å²) in [6.07, 6.45) is 1.30. The lowest BCUT2D eigenvalue weighted by Crippen LogP contribution is -2.19. The number of methoxy groups -OCH3 is 1. The van der Waals surface area contributed by atoms with Gasteiger partial charge in [-0.3, -0.25) is 0 Å². The monoisotopic (exact) mass is 207 g/mol. The lowest BCUT2D eigenvalue weighted by molar-refractivity contribution is 0.0888. The number of aromatic nitrogens is 1. The SMILES string of the molecule is COCC(C)Oc1ncc(N)cc1C#N. The predicted octanol–water partition coefficient (Wildman–Crippen LogP) is 0.949. The molecule has 0 aliphatic heterocycles. The molecular weight excluding hydrogens is 194 g/mol. The van der Waals surface area contributed by atoms with Crippen molar-refractivity contribution in [3.8, 4) is 11.9 Å². The smallest absolute Gasteiger partial charge is 0.232 e. The average molecular weight is 207 g/mol. The van der Waals surface area contributed by atoms with E-state index in [0.29, 0.717) is 17.9 Å². The molecule has 1 rings (SSSR count). The Bertz CT molecular complexity index is 373. The van der Waals surface area contributed by atoms with Gasteiger partial charge in [-0.15, -0.1) is 0 Å². The quantitative estimate of drug-likeness (QED) is 0.794. The van der Waals surface area contributed by atoms with E-state index in [4.69, 9.17) is 20.5 Å². The third-order valence-corrected chi connectivity index (χ3v) is 1.71. The van der Waals surface area contributed by atoms with Crippen molar-refractivity contribution in [2.75, 3.05) is 19.5 Å². The second-order valence-electron chi connectivity index (χ2n) is 3.12. The Hall–Kier alpha value is -1.80. The number of nitrogens with zero attached hydrogens (tertiary/aromatic N) is 2. The minimum absolute atomic E-state index is 0.154. The number of nitrogens with two attached hydrogens (primary N) is 1. The first-order valence-electron chi connectivity index (χ1n) is 4.48. The number of pyridine rings is 1. The number of nitriles is 1. The zero-order valence-corrected chi connectivity index (χ0v) is 8.73. The molecule has 0 saturated carbocycles.